The summed E-state index contributed by atoms with van der Waals surface area (Å²) in [7, 11) is -1.70. The Hall–Kier alpha value is -1.00. The summed E-state index contributed by atoms with van der Waals surface area (Å²) in [4.78, 5) is 15.5. The number of carbonyl (C=O) groups is 1. The summed E-state index contributed by atoms with van der Waals surface area (Å²) in [6.45, 7) is 14.3. The van der Waals surface area contributed by atoms with Crippen molar-refractivity contribution in [2.24, 2.45) is 5.92 Å². The highest BCUT2D eigenvalue weighted by atomic mass is 32.1. The summed E-state index contributed by atoms with van der Waals surface area (Å²) in [5.74, 6) is 0.209. The first-order valence-corrected chi connectivity index (χ1v) is 11.4. The van der Waals surface area contributed by atoms with Crippen LogP contribution in [-0.4, -0.2) is 23.9 Å². The van der Waals surface area contributed by atoms with Crippen LogP contribution in [0.5, 0.6) is 0 Å². The van der Waals surface area contributed by atoms with Crippen LogP contribution in [0.25, 0.3) is 0 Å². The van der Waals surface area contributed by atoms with Crippen LogP contribution in [0.1, 0.15) is 33.3 Å². The van der Waals surface area contributed by atoms with E-state index in [0.29, 0.717) is 6.54 Å². The van der Waals surface area contributed by atoms with E-state index in [1.165, 1.54) is 0 Å². The van der Waals surface area contributed by atoms with Gasteiger partial charge in [-0.25, -0.2) is 0 Å². The van der Waals surface area contributed by atoms with Crippen LogP contribution in [-0.2, 0) is 11.3 Å². The van der Waals surface area contributed by atoms with Crippen molar-refractivity contribution in [2.75, 3.05) is 0 Å². The predicted octanol–water partition coefficient (Wildman–Crippen LogP) is 4.87. The van der Waals surface area contributed by atoms with Crippen LogP contribution in [0.15, 0.2) is 30.3 Å². The molecule has 2 atom stereocenters. The molecule has 0 bridgehead atoms. The molecule has 1 heterocycles. The minimum atomic E-state index is -1.70. The van der Waals surface area contributed by atoms with Crippen molar-refractivity contribution >= 4 is 31.2 Å². The molecule has 0 aliphatic carbocycles. The molecule has 1 amide bonds. The lowest BCUT2D eigenvalue weighted by atomic mass is 10.1. The van der Waals surface area contributed by atoms with E-state index in [1.807, 2.05) is 23.1 Å². The molecule has 0 radical (unpaired) electrons. The van der Waals surface area contributed by atoms with E-state index >= 15 is 0 Å². The van der Waals surface area contributed by atoms with Crippen LogP contribution >= 0.6 is 12.2 Å². The SMILES string of the molecule is C[C@@H]1C(=O)N(Cc2ccccc2)C(=S)[C@H]1[Si](C)(C)C(C)(C)C. The second kappa shape index (κ2) is 5.89. The summed E-state index contributed by atoms with van der Waals surface area (Å²) < 4.78 is 0. The third-order valence-electron chi connectivity index (χ3n) is 5.58. The monoisotopic (exact) mass is 333 g/mol. The van der Waals surface area contributed by atoms with Crippen LogP contribution in [0, 0.1) is 5.92 Å². The lowest BCUT2D eigenvalue weighted by molar-refractivity contribution is -0.129. The highest BCUT2D eigenvalue weighted by Gasteiger charge is 2.54. The zero-order chi connectivity index (χ0) is 16.7. The van der Waals surface area contributed by atoms with Gasteiger partial charge in [0.1, 0.15) is 0 Å². The van der Waals surface area contributed by atoms with Crippen molar-refractivity contribution in [1.29, 1.82) is 0 Å². The molecule has 1 aromatic rings. The Balaban J connectivity index is 2.30. The fraction of sp³-hybridized carbons (Fsp3) is 0.556. The van der Waals surface area contributed by atoms with E-state index in [4.69, 9.17) is 12.2 Å². The van der Waals surface area contributed by atoms with Crippen molar-refractivity contribution in [1.82, 2.24) is 4.90 Å². The molecule has 1 saturated heterocycles. The molecule has 1 aliphatic heterocycles. The number of benzene rings is 1. The molecule has 0 unspecified atom stereocenters. The molecule has 1 fully saturated rings. The number of likely N-dealkylation sites (tertiary alicyclic amines) is 1. The highest BCUT2D eigenvalue weighted by molar-refractivity contribution is 7.80. The molecule has 120 valence electrons. The maximum absolute atomic E-state index is 12.8. The maximum Gasteiger partial charge on any atom is 0.230 e. The molecular formula is C18H27NOSSi. The summed E-state index contributed by atoms with van der Waals surface area (Å²) >= 11 is 5.77. The van der Waals surface area contributed by atoms with Crippen LogP contribution in [0.3, 0.4) is 0 Å². The maximum atomic E-state index is 12.8. The third-order valence-corrected chi connectivity index (χ3v) is 12.5. The summed E-state index contributed by atoms with van der Waals surface area (Å²) in [5, 5.41) is 0.221. The fourth-order valence-corrected chi connectivity index (χ4v) is 7.54. The second-order valence-corrected chi connectivity index (χ2v) is 14.0. The van der Waals surface area contributed by atoms with Gasteiger partial charge in [0.2, 0.25) is 5.91 Å². The minimum absolute atomic E-state index is 0.0112. The Morgan fingerprint density at radius 3 is 2.23 bits per heavy atom. The molecule has 0 aromatic heterocycles. The number of amides is 1. The molecule has 4 heteroatoms. The number of rotatable bonds is 3. The normalized spacial score (nSPS) is 23.3. The lowest BCUT2D eigenvalue weighted by Crippen LogP contribution is -2.46. The van der Waals surface area contributed by atoms with Gasteiger partial charge in [0.05, 0.1) is 19.6 Å². The first-order chi connectivity index (χ1) is 10.1. The number of hydrogen-bond acceptors (Lipinski definition) is 2. The number of nitrogens with zero attached hydrogens (tertiary/aromatic N) is 1. The number of carbonyl (C=O) groups excluding carboxylic acids is 1. The van der Waals surface area contributed by atoms with Crippen LogP contribution in [0.4, 0.5) is 0 Å². The summed E-state index contributed by atoms with van der Waals surface area (Å²) in [5.41, 5.74) is 1.39. The Morgan fingerprint density at radius 2 is 1.73 bits per heavy atom. The van der Waals surface area contributed by atoms with Gasteiger partial charge in [-0.2, -0.15) is 0 Å². The predicted molar refractivity (Wildman–Crippen MR) is 99.7 cm³/mol. The fourth-order valence-electron chi connectivity index (χ4n) is 3.20. The van der Waals surface area contributed by atoms with Crippen molar-refractivity contribution in [3.05, 3.63) is 35.9 Å². The van der Waals surface area contributed by atoms with Gasteiger partial charge in [0.25, 0.3) is 0 Å². The van der Waals surface area contributed by atoms with Gasteiger partial charge in [0.15, 0.2) is 0 Å². The Bertz CT molecular complexity index is 576. The lowest BCUT2D eigenvalue weighted by Gasteiger charge is -2.42. The van der Waals surface area contributed by atoms with Gasteiger partial charge >= 0.3 is 0 Å². The second-order valence-electron chi connectivity index (χ2n) is 7.99. The molecule has 2 rings (SSSR count). The van der Waals surface area contributed by atoms with Crippen LogP contribution < -0.4 is 0 Å². The van der Waals surface area contributed by atoms with E-state index < -0.39 is 8.07 Å². The van der Waals surface area contributed by atoms with E-state index in [0.717, 1.165) is 10.6 Å². The molecule has 0 N–H and O–H groups in total. The van der Waals surface area contributed by atoms with E-state index in [2.05, 4.69) is 52.9 Å². The number of thiocarbonyl (C=S) groups is 1. The zero-order valence-corrected chi connectivity index (χ0v) is 16.3. The Labute approximate surface area is 140 Å². The van der Waals surface area contributed by atoms with Gasteiger partial charge in [-0.3, -0.25) is 4.79 Å². The minimum Gasteiger partial charge on any atom is -0.302 e. The quantitative estimate of drug-likeness (QED) is 0.581. The highest BCUT2D eigenvalue weighted by Crippen LogP contribution is 2.50. The van der Waals surface area contributed by atoms with E-state index in [-0.39, 0.29) is 22.4 Å². The molecule has 0 saturated carbocycles. The van der Waals surface area contributed by atoms with E-state index in [1.54, 1.807) is 0 Å². The largest absolute Gasteiger partial charge is 0.302 e. The zero-order valence-electron chi connectivity index (χ0n) is 14.5. The molecular weight excluding hydrogens is 306 g/mol. The van der Waals surface area contributed by atoms with Gasteiger partial charge in [-0.15, -0.1) is 0 Å². The summed E-state index contributed by atoms with van der Waals surface area (Å²) in [6, 6.07) is 10.1. The van der Waals surface area contributed by atoms with Crippen LogP contribution in [0.2, 0.25) is 23.7 Å². The molecule has 22 heavy (non-hydrogen) atoms. The van der Waals surface area contributed by atoms with Gasteiger partial charge in [-0.05, 0) is 10.6 Å². The average molecular weight is 334 g/mol. The first kappa shape index (κ1) is 17.4. The molecule has 0 spiro atoms. The molecule has 1 aromatic carbocycles. The smallest absolute Gasteiger partial charge is 0.230 e. The van der Waals surface area contributed by atoms with E-state index in [9.17, 15) is 4.79 Å². The van der Waals surface area contributed by atoms with Gasteiger partial charge in [0, 0.05) is 11.5 Å². The van der Waals surface area contributed by atoms with Crippen molar-refractivity contribution in [2.45, 2.75) is 57.9 Å². The first-order valence-electron chi connectivity index (χ1n) is 7.96. The van der Waals surface area contributed by atoms with Crippen molar-refractivity contribution in [3.8, 4) is 0 Å². The van der Waals surface area contributed by atoms with Crippen molar-refractivity contribution in [3.63, 3.8) is 0 Å². The Kier molecular flexibility index (Phi) is 4.65. The average Bonchev–Trinajstić information content (AvgIpc) is 2.63. The van der Waals surface area contributed by atoms with Gasteiger partial charge in [-0.1, -0.05) is 83.3 Å². The van der Waals surface area contributed by atoms with Crippen molar-refractivity contribution < 1.29 is 4.79 Å². The molecule has 1 aliphatic rings. The van der Waals surface area contributed by atoms with Gasteiger partial charge < -0.3 is 4.90 Å². The third kappa shape index (κ3) is 2.91. The number of hydrogen-bond donors (Lipinski definition) is 0. The topological polar surface area (TPSA) is 20.3 Å². The standard InChI is InChI=1S/C18H27NOSSi/c1-13-15(22(5,6)18(2,3)4)17(21)19(16(13)20)12-14-10-8-7-9-11-14/h7-11,13,15H,12H2,1-6H3/t13-,15-/m0/s1. The Morgan fingerprint density at radius 1 is 1.18 bits per heavy atom. The molecule has 2 nitrogen and oxygen atoms in total. The summed E-state index contributed by atoms with van der Waals surface area (Å²) in [6.07, 6.45) is 0.